The average Bonchev–Trinajstić information content (AvgIpc) is 2.85. The zero-order valence-electron chi connectivity index (χ0n) is 19.8. The van der Waals surface area contributed by atoms with Crippen molar-refractivity contribution in [1.82, 2.24) is 10.3 Å². The quantitative estimate of drug-likeness (QED) is 0.506. The Hall–Kier alpha value is -3.09. The summed E-state index contributed by atoms with van der Waals surface area (Å²) in [5.74, 6) is 0.693. The van der Waals surface area contributed by atoms with Crippen LogP contribution in [0.1, 0.15) is 67.3 Å². The number of amides is 1. The van der Waals surface area contributed by atoms with Gasteiger partial charge in [0, 0.05) is 32.1 Å². The van der Waals surface area contributed by atoms with Gasteiger partial charge in [0.15, 0.2) is 0 Å². The summed E-state index contributed by atoms with van der Waals surface area (Å²) in [5.41, 5.74) is 1.80. The molecule has 3 N–H and O–H groups in total. The first-order valence-corrected chi connectivity index (χ1v) is 12.6. The van der Waals surface area contributed by atoms with Gasteiger partial charge < -0.3 is 20.6 Å². The van der Waals surface area contributed by atoms with E-state index in [1.807, 2.05) is 30.3 Å². The third kappa shape index (κ3) is 6.72. The topological polar surface area (TPSA) is 94.6 Å². The molecule has 1 saturated heterocycles. The van der Waals surface area contributed by atoms with E-state index >= 15 is 0 Å². The molecular formula is C27H36N4O3. The Kier molecular flexibility index (Phi) is 8.39. The van der Waals surface area contributed by atoms with Crippen molar-refractivity contribution in [1.29, 1.82) is 0 Å². The average molecular weight is 465 g/mol. The number of carbonyl (C=O) groups is 2. The molecule has 2 aromatic rings. The molecule has 1 aromatic carbocycles. The third-order valence-electron chi connectivity index (χ3n) is 6.92. The number of anilines is 2. The fraction of sp³-hybridized carbons (Fsp3) is 0.519. The number of rotatable bonds is 9. The molecule has 1 atom stereocenters. The number of aliphatic carboxylic acids is 1. The highest BCUT2D eigenvalue weighted by atomic mass is 16.4. The zero-order chi connectivity index (χ0) is 23.8. The van der Waals surface area contributed by atoms with Crippen LogP contribution in [0.5, 0.6) is 0 Å². The molecule has 2 heterocycles. The summed E-state index contributed by atoms with van der Waals surface area (Å²) in [4.78, 5) is 31.4. The predicted molar refractivity (Wildman–Crippen MR) is 134 cm³/mol. The van der Waals surface area contributed by atoms with Crippen LogP contribution in [0.2, 0.25) is 0 Å². The summed E-state index contributed by atoms with van der Waals surface area (Å²) >= 11 is 0. The van der Waals surface area contributed by atoms with Gasteiger partial charge in [-0.3, -0.25) is 9.59 Å². The molecule has 0 radical (unpaired) electrons. The lowest BCUT2D eigenvalue weighted by Crippen LogP contribution is -2.38. The lowest BCUT2D eigenvalue weighted by molar-refractivity contribution is -0.138. The lowest BCUT2D eigenvalue weighted by Gasteiger charge is -2.33. The molecular weight excluding hydrogens is 428 g/mol. The number of pyridine rings is 1. The second-order valence-corrected chi connectivity index (χ2v) is 9.59. The van der Waals surface area contributed by atoms with Crippen molar-refractivity contribution in [2.24, 2.45) is 5.92 Å². The summed E-state index contributed by atoms with van der Waals surface area (Å²) in [7, 11) is 0. The van der Waals surface area contributed by atoms with Crippen LogP contribution in [0.3, 0.4) is 0 Å². The van der Waals surface area contributed by atoms with Gasteiger partial charge in [-0.15, -0.1) is 0 Å². The molecule has 2 fully saturated rings. The first-order chi connectivity index (χ1) is 16.6. The number of nitrogens with zero attached hydrogens (tertiary/aromatic N) is 2. The van der Waals surface area contributed by atoms with E-state index in [2.05, 4.69) is 27.7 Å². The molecule has 4 rings (SSSR count). The highest BCUT2D eigenvalue weighted by Gasteiger charge is 2.25. The van der Waals surface area contributed by atoms with Crippen LogP contribution in [0.4, 0.5) is 11.6 Å². The van der Waals surface area contributed by atoms with Gasteiger partial charge in [-0.25, -0.2) is 4.98 Å². The molecule has 7 heteroatoms. The summed E-state index contributed by atoms with van der Waals surface area (Å²) in [6, 6.07) is 14.3. The highest BCUT2D eigenvalue weighted by molar-refractivity contribution is 5.99. The van der Waals surface area contributed by atoms with Crippen LogP contribution in [0.25, 0.3) is 0 Å². The van der Waals surface area contributed by atoms with Gasteiger partial charge in [0.2, 0.25) is 0 Å². The van der Waals surface area contributed by atoms with E-state index in [9.17, 15) is 14.7 Å². The largest absolute Gasteiger partial charge is 0.481 e. The minimum atomic E-state index is -0.752. The van der Waals surface area contributed by atoms with E-state index in [4.69, 9.17) is 4.98 Å². The van der Waals surface area contributed by atoms with Gasteiger partial charge in [0.05, 0.1) is 5.56 Å². The number of carboxylic acids is 1. The van der Waals surface area contributed by atoms with Crippen molar-refractivity contribution in [3.8, 4) is 0 Å². The molecule has 34 heavy (non-hydrogen) atoms. The molecule has 7 nitrogen and oxygen atoms in total. The molecule has 1 unspecified atom stereocenters. The number of aromatic nitrogens is 1. The van der Waals surface area contributed by atoms with Crippen LogP contribution in [0.15, 0.2) is 42.5 Å². The van der Waals surface area contributed by atoms with Crippen molar-refractivity contribution in [3.63, 3.8) is 0 Å². The minimum absolute atomic E-state index is 0.0736. The fourth-order valence-electron chi connectivity index (χ4n) is 5.11. The molecule has 1 aromatic heterocycles. The van der Waals surface area contributed by atoms with Crippen LogP contribution in [-0.2, 0) is 11.2 Å². The summed E-state index contributed by atoms with van der Waals surface area (Å²) in [5, 5.41) is 15.8. The maximum Gasteiger partial charge on any atom is 0.303 e. The Morgan fingerprint density at radius 1 is 1.00 bits per heavy atom. The van der Waals surface area contributed by atoms with Gasteiger partial charge in [-0.1, -0.05) is 49.6 Å². The molecule has 2 aliphatic rings. The van der Waals surface area contributed by atoms with Crippen LogP contribution >= 0.6 is 0 Å². The molecule has 182 valence electrons. The highest BCUT2D eigenvalue weighted by Crippen LogP contribution is 2.27. The van der Waals surface area contributed by atoms with Crippen molar-refractivity contribution >= 4 is 23.5 Å². The normalized spacial score (nSPS) is 18.9. The summed E-state index contributed by atoms with van der Waals surface area (Å²) in [6.45, 7) is 2.20. The Balaban J connectivity index is 1.49. The molecule has 1 aliphatic heterocycles. The van der Waals surface area contributed by atoms with Gasteiger partial charge in [-0.2, -0.15) is 0 Å². The van der Waals surface area contributed by atoms with Crippen molar-refractivity contribution in [3.05, 3.63) is 53.6 Å². The Labute approximate surface area is 202 Å². The van der Waals surface area contributed by atoms with Gasteiger partial charge in [0.1, 0.15) is 11.6 Å². The van der Waals surface area contributed by atoms with Crippen LogP contribution < -0.4 is 15.5 Å². The second-order valence-electron chi connectivity index (χ2n) is 9.59. The van der Waals surface area contributed by atoms with Gasteiger partial charge >= 0.3 is 5.97 Å². The maximum atomic E-state index is 13.2. The lowest BCUT2D eigenvalue weighted by atomic mass is 9.95. The number of nitrogens with one attached hydrogen (secondary N) is 2. The minimum Gasteiger partial charge on any atom is -0.481 e. The molecule has 0 spiro atoms. The Morgan fingerprint density at radius 3 is 2.56 bits per heavy atom. The summed E-state index contributed by atoms with van der Waals surface area (Å²) < 4.78 is 0. The standard InChI is InChI=1S/C27H36N4O3/c32-25(33)18-21-10-7-17-31(19-21)24-14-13-23(27(34)29-22-11-5-2-6-12-22)26(30-24)28-16-15-20-8-3-1-4-9-20/h1,3-4,8-9,13-14,21-22H,2,5-7,10-12,15-19H2,(H,28,30)(H,29,34)(H,32,33). The summed E-state index contributed by atoms with van der Waals surface area (Å²) in [6.07, 6.45) is 8.52. The van der Waals surface area contributed by atoms with Crippen molar-refractivity contribution in [2.75, 3.05) is 29.9 Å². The number of piperidine rings is 1. The SMILES string of the molecule is O=C(O)CC1CCCN(c2ccc(C(=O)NC3CCCCC3)c(NCCc3ccccc3)n2)C1. The van der Waals surface area contributed by atoms with Gasteiger partial charge in [0.25, 0.3) is 5.91 Å². The number of hydrogen-bond donors (Lipinski definition) is 3. The van der Waals surface area contributed by atoms with E-state index < -0.39 is 5.97 Å². The fourth-order valence-corrected chi connectivity index (χ4v) is 5.11. The van der Waals surface area contributed by atoms with Crippen molar-refractivity contribution < 1.29 is 14.7 Å². The van der Waals surface area contributed by atoms with E-state index in [-0.39, 0.29) is 24.3 Å². The maximum absolute atomic E-state index is 13.2. The van der Waals surface area contributed by atoms with Crippen LogP contribution in [0, 0.1) is 5.92 Å². The monoisotopic (exact) mass is 464 g/mol. The molecule has 1 saturated carbocycles. The number of carbonyl (C=O) groups excluding carboxylic acids is 1. The van der Waals surface area contributed by atoms with E-state index in [1.54, 1.807) is 0 Å². The van der Waals surface area contributed by atoms with E-state index in [0.717, 1.165) is 57.3 Å². The molecule has 1 amide bonds. The van der Waals surface area contributed by atoms with E-state index in [1.165, 1.54) is 12.0 Å². The first-order valence-electron chi connectivity index (χ1n) is 12.6. The smallest absolute Gasteiger partial charge is 0.303 e. The first kappa shape index (κ1) is 24.0. The second kappa shape index (κ2) is 11.9. The predicted octanol–water partition coefficient (Wildman–Crippen LogP) is 4.49. The van der Waals surface area contributed by atoms with E-state index in [0.29, 0.717) is 24.5 Å². The number of benzene rings is 1. The Morgan fingerprint density at radius 2 is 1.79 bits per heavy atom. The third-order valence-corrected chi connectivity index (χ3v) is 6.92. The van der Waals surface area contributed by atoms with Gasteiger partial charge in [-0.05, 0) is 55.7 Å². The molecule has 1 aliphatic carbocycles. The number of hydrogen-bond acceptors (Lipinski definition) is 5. The Bertz CT molecular complexity index is 960. The number of carboxylic acid groups (broad SMARTS) is 1. The zero-order valence-corrected chi connectivity index (χ0v) is 19.8. The van der Waals surface area contributed by atoms with Crippen molar-refractivity contribution in [2.45, 2.75) is 63.8 Å². The van der Waals surface area contributed by atoms with Crippen LogP contribution in [-0.4, -0.2) is 47.6 Å². The molecule has 0 bridgehead atoms.